The Morgan fingerprint density at radius 2 is 1.91 bits per heavy atom. The van der Waals surface area contributed by atoms with Crippen LogP contribution < -0.4 is 14.8 Å². The Labute approximate surface area is 129 Å². The molecule has 0 fully saturated rings. The molecule has 0 aliphatic rings. The van der Waals surface area contributed by atoms with Crippen LogP contribution in [0.5, 0.6) is 11.5 Å². The molecule has 0 spiro atoms. The first-order chi connectivity index (χ1) is 10.5. The van der Waals surface area contributed by atoms with Gasteiger partial charge in [-0.3, -0.25) is 9.89 Å². The molecule has 1 aromatic heterocycles. The number of anilines is 1. The summed E-state index contributed by atoms with van der Waals surface area (Å²) < 4.78 is 10.5. The molecule has 22 heavy (non-hydrogen) atoms. The van der Waals surface area contributed by atoms with Crippen LogP contribution in [0.3, 0.4) is 0 Å². The minimum absolute atomic E-state index is 0.0498. The highest BCUT2D eigenvalue weighted by Crippen LogP contribution is 2.35. The smallest absolute Gasteiger partial charge is 0.227 e. The second-order valence-electron chi connectivity index (χ2n) is 5.29. The lowest BCUT2D eigenvalue weighted by Gasteiger charge is -2.11. The summed E-state index contributed by atoms with van der Waals surface area (Å²) in [6.45, 7) is 5.56. The van der Waals surface area contributed by atoms with Crippen molar-refractivity contribution < 1.29 is 14.3 Å². The number of aryl methyl sites for hydroxylation is 1. The van der Waals surface area contributed by atoms with Crippen molar-refractivity contribution in [2.45, 2.75) is 20.8 Å². The minimum Gasteiger partial charge on any atom is -0.493 e. The van der Waals surface area contributed by atoms with Gasteiger partial charge in [-0.25, -0.2) is 0 Å². The predicted octanol–water partition coefficient (Wildman–Crippen LogP) is 3.00. The van der Waals surface area contributed by atoms with Crippen LogP contribution in [0.25, 0.3) is 11.3 Å². The first-order valence-corrected chi connectivity index (χ1v) is 7.06. The molecule has 6 nitrogen and oxygen atoms in total. The average molecular weight is 303 g/mol. The summed E-state index contributed by atoms with van der Waals surface area (Å²) in [6, 6.07) is 5.52. The molecule has 6 heteroatoms. The Hall–Kier alpha value is -2.50. The molecule has 0 saturated carbocycles. The maximum Gasteiger partial charge on any atom is 0.227 e. The van der Waals surface area contributed by atoms with Crippen LogP contribution in [0.4, 0.5) is 5.69 Å². The van der Waals surface area contributed by atoms with E-state index in [9.17, 15) is 4.79 Å². The molecule has 1 aromatic carbocycles. The van der Waals surface area contributed by atoms with Gasteiger partial charge in [-0.1, -0.05) is 13.8 Å². The Balaban J connectivity index is 2.43. The number of hydrogen-bond acceptors (Lipinski definition) is 4. The van der Waals surface area contributed by atoms with Crippen molar-refractivity contribution in [2.24, 2.45) is 5.92 Å². The standard InChI is InChI=1S/C16H21N3O3/c1-9(2)16(20)17-14-10(3)18-19-15(14)11-6-7-12(21-4)13(8-11)22-5/h6-9H,1-5H3,(H,17,20)(H,18,19). The number of methoxy groups -OCH3 is 2. The number of H-pyrrole nitrogens is 1. The summed E-state index contributed by atoms with van der Waals surface area (Å²) >= 11 is 0. The molecule has 2 rings (SSSR count). The van der Waals surface area contributed by atoms with Crippen molar-refractivity contribution in [1.29, 1.82) is 0 Å². The number of amides is 1. The highest BCUT2D eigenvalue weighted by molar-refractivity contribution is 5.96. The van der Waals surface area contributed by atoms with E-state index in [1.165, 1.54) is 0 Å². The molecule has 0 unspecified atom stereocenters. The van der Waals surface area contributed by atoms with Crippen LogP contribution in [0.15, 0.2) is 18.2 Å². The van der Waals surface area contributed by atoms with Gasteiger partial charge in [0.05, 0.1) is 25.6 Å². The highest BCUT2D eigenvalue weighted by Gasteiger charge is 2.18. The second-order valence-corrected chi connectivity index (χ2v) is 5.29. The summed E-state index contributed by atoms with van der Waals surface area (Å²) in [5.74, 6) is 1.10. The average Bonchev–Trinajstić information content (AvgIpc) is 2.87. The molecule has 0 aliphatic carbocycles. The van der Waals surface area contributed by atoms with E-state index in [0.29, 0.717) is 22.9 Å². The van der Waals surface area contributed by atoms with Gasteiger partial charge in [-0.2, -0.15) is 5.10 Å². The van der Waals surface area contributed by atoms with Gasteiger partial charge >= 0.3 is 0 Å². The number of hydrogen-bond donors (Lipinski definition) is 2. The quantitative estimate of drug-likeness (QED) is 0.890. The lowest BCUT2D eigenvalue weighted by Crippen LogP contribution is -2.18. The fourth-order valence-electron chi connectivity index (χ4n) is 2.04. The number of ether oxygens (including phenoxy) is 2. The first kappa shape index (κ1) is 15.9. The largest absolute Gasteiger partial charge is 0.493 e. The number of carbonyl (C=O) groups is 1. The summed E-state index contributed by atoms with van der Waals surface area (Å²) in [7, 11) is 3.17. The van der Waals surface area contributed by atoms with Gasteiger partial charge in [-0.05, 0) is 25.1 Å². The van der Waals surface area contributed by atoms with E-state index in [-0.39, 0.29) is 11.8 Å². The van der Waals surface area contributed by atoms with Crippen LogP contribution in [-0.2, 0) is 4.79 Å². The van der Waals surface area contributed by atoms with E-state index >= 15 is 0 Å². The van der Waals surface area contributed by atoms with Crippen LogP contribution in [0, 0.1) is 12.8 Å². The topological polar surface area (TPSA) is 76.2 Å². The summed E-state index contributed by atoms with van der Waals surface area (Å²) in [5, 5.41) is 10.1. The molecule has 1 heterocycles. The lowest BCUT2D eigenvalue weighted by molar-refractivity contribution is -0.118. The predicted molar refractivity (Wildman–Crippen MR) is 85.3 cm³/mol. The molecule has 1 amide bonds. The van der Waals surface area contributed by atoms with Gasteiger partial charge in [0.1, 0.15) is 5.69 Å². The molecular weight excluding hydrogens is 282 g/mol. The highest BCUT2D eigenvalue weighted by atomic mass is 16.5. The van der Waals surface area contributed by atoms with Crippen molar-refractivity contribution in [3.05, 3.63) is 23.9 Å². The number of nitrogens with zero attached hydrogens (tertiary/aromatic N) is 1. The zero-order valence-electron chi connectivity index (χ0n) is 13.5. The van der Waals surface area contributed by atoms with Crippen molar-refractivity contribution >= 4 is 11.6 Å². The zero-order chi connectivity index (χ0) is 16.3. The number of aromatic amines is 1. The third-order valence-electron chi connectivity index (χ3n) is 3.38. The molecule has 2 aromatic rings. The van der Waals surface area contributed by atoms with Crippen LogP contribution >= 0.6 is 0 Å². The minimum atomic E-state index is -0.104. The molecule has 0 saturated heterocycles. The molecule has 0 radical (unpaired) electrons. The maximum atomic E-state index is 12.0. The van der Waals surface area contributed by atoms with Gasteiger partial charge in [0.2, 0.25) is 5.91 Å². The molecular formula is C16H21N3O3. The monoisotopic (exact) mass is 303 g/mol. The first-order valence-electron chi connectivity index (χ1n) is 7.06. The Morgan fingerprint density at radius 3 is 2.50 bits per heavy atom. The fourth-order valence-corrected chi connectivity index (χ4v) is 2.04. The Kier molecular flexibility index (Phi) is 4.70. The van der Waals surface area contributed by atoms with E-state index < -0.39 is 0 Å². The fraction of sp³-hybridized carbons (Fsp3) is 0.375. The Morgan fingerprint density at radius 1 is 1.23 bits per heavy atom. The number of benzene rings is 1. The van der Waals surface area contributed by atoms with Crippen LogP contribution in [0.2, 0.25) is 0 Å². The number of carbonyl (C=O) groups excluding carboxylic acids is 1. The Bertz CT molecular complexity index is 677. The molecule has 0 atom stereocenters. The van der Waals surface area contributed by atoms with Crippen LogP contribution in [-0.4, -0.2) is 30.3 Å². The molecule has 0 aliphatic heterocycles. The van der Waals surface area contributed by atoms with E-state index in [2.05, 4.69) is 15.5 Å². The van der Waals surface area contributed by atoms with Crippen molar-refractivity contribution in [3.63, 3.8) is 0 Å². The number of nitrogens with one attached hydrogen (secondary N) is 2. The van der Waals surface area contributed by atoms with Gasteiger partial charge in [-0.15, -0.1) is 0 Å². The number of rotatable bonds is 5. The summed E-state index contributed by atoms with van der Waals surface area (Å²) in [4.78, 5) is 12.0. The second kappa shape index (κ2) is 6.51. The van der Waals surface area contributed by atoms with E-state index in [4.69, 9.17) is 9.47 Å². The third-order valence-corrected chi connectivity index (χ3v) is 3.38. The molecule has 0 bridgehead atoms. The van der Waals surface area contributed by atoms with Gasteiger partial charge in [0.15, 0.2) is 11.5 Å². The zero-order valence-corrected chi connectivity index (χ0v) is 13.5. The van der Waals surface area contributed by atoms with Crippen molar-refractivity contribution in [3.8, 4) is 22.8 Å². The van der Waals surface area contributed by atoms with E-state index in [0.717, 1.165) is 11.3 Å². The maximum absolute atomic E-state index is 12.0. The van der Waals surface area contributed by atoms with Crippen molar-refractivity contribution in [1.82, 2.24) is 10.2 Å². The van der Waals surface area contributed by atoms with E-state index in [1.54, 1.807) is 14.2 Å². The van der Waals surface area contributed by atoms with Gasteiger partial charge in [0.25, 0.3) is 0 Å². The normalized spacial score (nSPS) is 10.6. The van der Waals surface area contributed by atoms with Crippen molar-refractivity contribution in [2.75, 3.05) is 19.5 Å². The SMILES string of the molecule is COc1ccc(-c2n[nH]c(C)c2NC(=O)C(C)C)cc1OC. The van der Waals surface area contributed by atoms with Gasteiger partial charge in [0, 0.05) is 11.5 Å². The van der Waals surface area contributed by atoms with Gasteiger partial charge < -0.3 is 14.8 Å². The molecule has 2 N–H and O–H groups in total. The number of aromatic nitrogens is 2. The van der Waals surface area contributed by atoms with E-state index in [1.807, 2.05) is 39.0 Å². The summed E-state index contributed by atoms with van der Waals surface area (Å²) in [5.41, 5.74) is 3.00. The van der Waals surface area contributed by atoms with Crippen LogP contribution in [0.1, 0.15) is 19.5 Å². The summed E-state index contributed by atoms with van der Waals surface area (Å²) in [6.07, 6.45) is 0. The molecule has 118 valence electrons. The lowest BCUT2D eigenvalue weighted by atomic mass is 10.1. The third kappa shape index (κ3) is 3.05.